The molecule has 36 heavy (non-hydrogen) atoms. The Hall–Kier alpha value is -1.76. The molecule has 1 aromatic heterocycles. The van der Waals surface area contributed by atoms with Crippen molar-refractivity contribution < 1.29 is 4.79 Å². The van der Waals surface area contributed by atoms with Gasteiger partial charge in [-0.1, -0.05) is 49.6 Å². The fourth-order valence-electron chi connectivity index (χ4n) is 7.77. The van der Waals surface area contributed by atoms with Crippen molar-refractivity contribution in [3.8, 4) is 0 Å². The number of aryl methyl sites for hydroxylation is 1. The fourth-order valence-corrected chi connectivity index (χ4v) is 8.96. The molecular weight excluding hydrogens is 464 g/mol. The Kier molecular flexibility index (Phi) is 6.95. The molecule has 2 saturated heterocycles. The molecule has 1 amide bonds. The van der Waals surface area contributed by atoms with E-state index in [1.54, 1.807) is 0 Å². The number of fused-ring (bicyclic) bond motifs is 2. The summed E-state index contributed by atoms with van der Waals surface area (Å²) in [5.41, 5.74) is 2.50. The number of piperidine rings is 1. The smallest absolute Gasteiger partial charge is 0.228 e. The van der Waals surface area contributed by atoms with Crippen LogP contribution in [0.2, 0.25) is 0 Å². The van der Waals surface area contributed by atoms with Gasteiger partial charge in [-0.15, -0.1) is 11.3 Å². The summed E-state index contributed by atoms with van der Waals surface area (Å²) in [5.74, 6) is 1.59. The topological polar surface area (TPSA) is 57.3 Å². The van der Waals surface area contributed by atoms with Crippen LogP contribution in [0.1, 0.15) is 78.9 Å². The summed E-state index contributed by atoms with van der Waals surface area (Å²) < 4.78 is 0. The number of likely N-dealkylation sites (tertiary alicyclic amines) is 1. The van der Waals surface area contributed by atoms with Crippen molar-refractivity contribution >= 4 is 17.2 Å². The van der Waals surface area contributed by atoms with Crippen LogP contribution in [0.15, 0.2) is 30.3 Å². The van der Waals surface area contributed by atoms with Crippen molar-refractivity contribution in [2.24, 2.45) is 11.8 Å². The third-order valence-electron chi connectivity index (χ3n) is 9.67. The lowest BCUT2D eigenvalue weighted by Crippen LogP contribution is -2.56. The molecule has 1 saturated carbocycles. The predicted molar refractivity (Wildman–Crippen MR) is 147 cm³/mol. The van der Waals surface area contributed by atoms with E-state index in [2.05, 4.69) is 59.7 Å². The molecule has 5 atom stereocenters. The molecule has 0 bridgehead atoms. The third kappa shape index (κ3) is 4.43. The zero-order valence-corrected chi connectivity index (χ0v) is 22.8. The predicted octanol–water partition coefficient (Wildman–Crippen LogP) is 4.80. The molecule has 6 heteroatoms. The highest BCUT2D eigenvalue weighted by Crippen LogP contribution is 2.45. The van der Waals surface area contributed by atoms with Crippen molar-refractivity contribution in [1.29, 1.82) is 0 Å². The van der Waals surface area contributed by atoms with Crippen molar-refractivity contribution in [2.75, 3.05) is 26.2 Å². The van der Waals surface area contributed by atoms with Gasteiger partial charge in [0, 0.05) is 55.0 Å². The molecule has 1 spiro atoms. The van der Waals surface area contributed by atoms with E-state index < -0.39 is 0 Å². The van der Waals surface area contributed by atoms with Gasteiger partial charge in [-0.2, -0.15) is 0 Å². The second-order valence-electron chi connectivity index (χ2n) is 12.0. The Labute approximate surface area is 220 Å². The number of aromatic nitrogens is 1. The lowest BCUT2D eigenvalue weighted by Gasteiger charge is -2.47. The lowest BCUT2D eigenvalue weighted by atomic mass is 9.72. The quantitative estimate of drug-likeness (QED) is 0.628. The van der Waals surface area contributed by atoms with E-state index >= 15 is 0 Å². The van der Waals surface area contributed by atoms with E-state index in [0.717, 1.165) is 50.4 Å². The Bertz CT molecular complexity index is 1060. The highest BCUT2D eigenvalue weighted by molar-refractivity contribution is 7.11. The number of carbonyl (C=O) groups is 1. The maximum absolute atomic E-state index is 14.6. The highest BCUT2D eigenvalue weighted by Gasteiger charge is 2.53. The van der Waals surface area contributed by atoms with E-state index in [1.165, 1.54) is 48.2 Å². The maximum Gasteiger partial charge on any atom is 0.228 e. The minimum Gasteiger partial charge on any atom is -0.339 e. The number of nitrogens with zero attached hydrogens (tertiary/aromatic N) is 2. The van der Waals surface area contributed by atoms with Crippen LogP contribution >= 0.6 is 11.3 Å². The van der Waals surface area contributed by atoms with Crippen LogP contribution in [-0.2, 0) is 16.6 Å². The minimum atomic E-state index is -0.184. The molecule has 2 unspecified atom stereocenters. The Morgan fingerprint density at radius 3 is 2.72 bits per heavy atom. The normalized spacial score (nSPS) is 33.4. The second-order valence-corrected chi connectivity index (χ2v) is 13.2. The summed E-state index contributed by atoms with van der Waals surface area (Å²) in [6.07, 6.45) is 9.70. The average Bonchev–Trinajstić information content (AvgIpc) is 3.48. The molecule has 194 valence electrons. The first kappa shape index (κ1) is 24.6. The van der Waals surface area contributed by atoms with Gasteiger partial charge in [0.1, 0.15) is 0 Å². The number of hydrogen-bond acceptors (Lipinski definition) is 5. The minimum absolute atomic E-state index is 0.0201. The van der Waals surface area contributed by atoms with Crippen LogP contribution in [0.25, 0.3) is 0 Å². The second kappa shape index (κ2) is 10.2. The number of carbonyl (C=O) groups excluding carboxylic acids is 1. The van der Waals surface area contributed by atoms with Crippen LogP contribution in [-0.4, -0.2) is 54.1 Å². The Morgan fingerprint density at radius 2 is 1.92 bits per heavy atom. The third-order valence-corrected chi connectivity index (χ3v) is 10.9. The van der Waals surface area contributed by atoms with Crippen molar-refractivity contribution in [2.45, 2.75) is 88.6 Å². The highest BCUT2D eigenvalue weighted by atomic mass is 32.1. The number of thiazole rings is 1. The zero-order chi connectivity index (χ0) is 24.7. The number of amides is 1. The number of rotatable bonds is 3. The van der Waals surface area contributed by atoms with E-state index in [-0.39, 0.29) is 11.3 Å². The standard InChI is InChI=1S/C30H42N4OS/c1-20-15-26-28(36-21(2)33-26)30(19-32-20)18-31-17-25(30)29(35)34-14-13-24(22-9-5-3-6-10-22)16-27(34)23-11-7-4-8-12-23/h3,5-6,9-10,20,23-25,27,31-32H,4,7-8,11-19H2,1-2H3/t20?,24-,25?,27+,30+/m1/s1. The maximum atomic E-state index is 14.6. The summed E-state index contributed by atoms with van der Waals surface area (Å²) in [6, 6.07) is 11.8. The van der Waals surface area contributed by atoms with E-state index in [1.807, 2.05) is 11.3 Å². The van der Waals surface area contributed by atoms with Gasteiger partial charge in [-0.05, 0) is 56.9 Å². The molecule has 4 heterocycles. The van der Waals surface area contributed by atoms with Gasteiger partial charge in [0.25, 0.3) is 0 Å². The van der Waals surface area contributed by atoms with Gasteiger partial charge in [0.05, 0.1) is 16.6 Å². The van der Waals surface area contributed by atoms with Gasteiger partial charge in [0.2, 0.25) is 5.91 Å². The van der Waals surface area contributed by atoms with Gasteiger partial charge in [-0.25, -0.2) is 4.98 Å². The SMILES string of the molecule is Cc1nc2c(s1)[C@@]1(CNCC1C(=O)N1CC[C@@H](c3ccccc3)C[C@H]1C1CCCCC1)CNC(C)C2. The fraction of sp³-hybridized carbons (Fsp3) is 0.667. The first-order valence-corrected chi connectivity index (χ1v) is 15.1. The molecular formula is C30H42N4OS. The van der Waals surface area contributed by atoms with Crippen LogP contribution in [0.4, 0.5) is 0 Å². The van der Waals surface area contributed by atoms with E-state index in [0.29, 0.717) is 29.8 Å². The van der Waals surface area contributed by atoms with E-state index in [9.17, 15) is 4.79 Å². The number of hydrogen-bond donors (Lipinski definition) is 2. The molecule has 5 nitrogen and oxygen atoms in total. The molecule has 4 aliphatic rings. The van der Waals surface area contributed by atoms with Gasteiger partial charge in [-0.3, -0.25) is 4.79 Å². The molecule has 2 N–H and O–H groups in total. The number of benzene rings is 1. The first-order chi connectivity index (χ1) is 17.5. The largest absolute Gasteiger partial charge is 0.339 e. The van der Waals surface area contributed by atoms with Crippen molar-refractivity contribution in [1.82, 2.24) is 20.5 Å². The molecule has 3 aliphatic heterocycles. The average molecular weight is 507 g/mol. The molecule has 2 aromatic rings. The zero-order valence-electron chi connectivity index (χ0n) is 22.0. The summed E-state index contributed by atoms with van der Waals surface area (Å²) >= 11 is 1.83. The molecule has 3 fully saturated rings. The summed E-state index contributed by atoms with van der Waals surface area (Å²) in [4.78, 5) is 23.3. The molecule has 1 aliphatic carbocycles. The van der Waals surface area contributed by atoms with Crippen molar-refractivity contribution in [3.05, 3.63) is 51.5 Å². The number of nitrogens with one attached hydrogen (secondary N) is 2. The summed E-state index contributed by atoms with van der Waals surface area (Å²) in [6.45, 7) is 7.78. The monoisotopic (exact) mass is 506 g/mol. The van der Waals surface area contributed by atoms with Crippen LogP contribution in [0.3, 0.4) is 0 Å². The van der Waals surface area contributed by atoms with Gasteiger partial charge in [0.15, 0.2) is 0 Å². The first-order valence-electron chi connectivity index (χ1n) is 14.3. The van der Waals surface area contributed by atoms with Crippen LogP contribution in [0, 0.1) is 18.8 Å². The summed E-state index contributed by atoms with van der Waals surface area (Å²) in [7, 11) is 0. The molecule has 1 aromatic carbocycles. The molecule has 6 rings (SSSR count). The summed E-state index contributed by atoms with van der Waals surface area (Å²) in [5, 5.41) is 8.58. The van der Waals surface area contributed by atoms with Crippen molar-refractivity contribution in [3.63, 3.8) is 0 Å². The molecule has 0 radical (unpaired) electrons. The van der Waals surface area contributed by atoms with Crippen LogP contribution in [0.5, 0.6) is 0 Å². The Morgan fingerprint density at radius 1 is 1.11 bits per heavy atom. The van der Waals surface area contributed by atoms with Crippen LogP contribution < -0.4 is 10.6 Å². The van der Waals surface area contributed by atoms with E-state index in [4.69, 9.17) is 4.98 Å². The van der Waals surface area contributed by atoms with Gasteiger partial charge >= 0.3 is 0 Å². The Balaban J connectivity index is 1.31. The van der Waals surface area contributed by atoms with Gasteiger partial charge < -0.3 is 15.5 Å². The lowest BCUT2D eigenvalue weighted by molar-refractivity contribution is -0.142.